The Bertz CT molecular complexity index is 2160. The Morgan fingerprint density at radius 1 is 0.337 bits per heavy atom. The van der Waals surface area contributed by atoms with Crippen LogP contribution < -0.4 is 4.89 Å². The van der Waals surface area contributed by atoms with Crippen molar-refractivity contribution in [1.29, 1.82) is 0 Å². The summed E-state index contributed by atoms with van der Waals surface area (Å²) in [4.78, 5) is 38.1. The first kappa shape index (κ1) is 87.4. The van der Waals surface area contributed by atoms with Gasteiger partial charge in [-0.1, -0.05) is 312 Å². The minimum absolute atomic E-state index is 0.0388. The number of rotatable bonds is 66. The van der Waals surface area contributed by atoms with Gasteiger partial charge in [0.1, 0.15) is 19.8 Å². The molecule has 0 aromatic carbocycles. The highest BCUT2D eigenvalue weighted by molar-refractivity contribution is 7.45. The number of carbonyl (C=O) groups is 2. The lowest BCUT2D eigenvalue weighted by Gasteiger charge is -2.28. The van der Waals surface area contributed by atoms with Crippen molar-refractivity contribution in [1.82, 2.24) is 0 Å². The predicted molar refractivity (Wildman–Crippen MR) is 396 cm³/mol. The average molecular weight is 1290 g/mol. The number of nitrogens with zero attached hydrogens (tertiary/aromatic N) is 1. The molecule has 0 rings (SSSR count). The van der Waals surface area contributed by atoms with Crippen molar-refractivity contribution in [3.63, 3.8) is 0 Å². The maximum absolute atomic E-state index is 12.9. The molecule has 0 N–H and O–H groups in total. The summed E-state index contributed by atoms with van der Waals surface area (Å²) in [5, 5.41) is 0. The van der Waals surface area contributed by atoms with E-state index in [-0.39, 0.29) is 32.0 Å². The van der Waals surface area contributed by atoms with E-state index in [0.717, 1.165) is 141 Å². The Balaban J connectivity index is 4.08. The third-order valence-electron chi connectivity index (χ3n) is 15.2. The molecule has 10 heteroatoms. The van der Waals surface area contributed by atoms with Crippen LogP contribution in [0.25, 0.3) is 0 Å². The van der Waals surface area contributed by atoms with Crippen molar-refractivity contribution >= 4 is 19.8 Å². The molecule has 0 aliphatic carbocycles. The number of hydrogen-bond acceptors (Lipinski definition) is 8. The van der Waals surface area contributed by atoms with E-state index in [2.05, 4.69) is 184 Å². The number of phosphoric ester groups is 1. The molecule has 2 atom stereocenters. The molecular formula is C82H136NO8P. The summed E-state index contributed by atoms with van der Waals surface area (Å²) >= 11 is 0. The molecule has 0 aliphatic heterocycles. The smallest absolute Gasteiger partial charge is 0.306 e. The Kier molecular flexibility index (Phi) is 67.1. The van der Waals surface area contributed by atoms with Crippen LogP contribution in [0.5, 0.6) is 0 Å². The lowest BCUT2D eigenvalue weighted by atomic mass is 10.0. The first-order valence-electron chi connectivity index (χ1n) is 36.8. The quantitative estimate of drug-likeness (QED) is 0.0195. The summed E-state index contributed by atoms with van der Waals surface area (Å²) in [6.07, 6.45) is 107. The van der Waals surface area contributed by atoms with Gasteiger partial charge in [0.25, 0.3) is 7.82 Å². The number of allylic oxidation sites excluding steroid dienone is 28. The molecule has 0 aliphatic rings. The van der Waals surface area contributed by atoms with Gasteiger partial charge in [0.2, 0.25) is 0 Å². The van der Waals surface area contributed by atoms with Crippen molar-refractivity contribution in [2.75, 3.05) is 47.5 Å². The zero-order valence-corrected chi connectivity index (χ0v) is 60.3. The molecule has 92 heavy (non-hydrogen) atoms. The van der Waals surface area contributed by atoms with Crippen LogP contribution in [-0.4, -0.2) is 70.0 Å². The van der Waals surface area contributed by atoms with Crippen LogP contribution in [0.2, 0.25) is 0 Å². The number of esters is 2. The fraction of sp³-hybridized carbons (Fsp3) is 0.634. The van der Waals surface area contributed by atoms with Crippen LogP contribution >= 0.6 is 7.82 Å². The Hall–Kier alpha value is -4.63. The lowest BCUT2D eigenvalue weighted by Crippen LogP contribution is -2.37. The first-order chi connectivity index (χ1) is 45.0. The van der Waals surface area contributed by atoms with Crippen LogP contribution in [0.4, 0.5) is 0 Å². The Labute approximate surface area is 566 Å². The van der Waals surface area contributed by atoms with Gasteiger partial charge in [-0.05, 0) is 128 Å². The van der Waals surface area contributed by atoms with E-state index >= 15 is 0 Å². The van der Waals surface area contributed by atoms with Crippen LogP contribution in [-0.2, 0) is 32.7 Å². The van der Waals surface area contributed by atoms with Gasteiger partial charge in [0.05, 0.1) is 27.7 Å². The highest BCUT2D eigenvalue weighted by atomic mass is 31.2. The number of ether oxygens (including phenoxy) is 2. The lowest BCUT2D eigenvalue weighted by molar-refractivity contribution is -0.870. The molecule has 0 amide bonds. The van der Waals surface area contributed by atoms with Gasteiger partial charge in [-0.3, -0.25) is 14.2 Å². The second-order valence-electron chi connectivity index (χ2n) is 25.2. The minimum Gasteiger partial charge on any atom is -0.756 e. The van der Waals surface area contributed by atoms with E-state index in [1.807, 2.05) is 21.1 Å². The molecule has 0 radical (unpaired) electrons. The van der Waals surface area contributed by atoms with Gasteiger partial charge in [0.15, 0.2) is 6.10 Å². The van der Waals surface area contributed by atoms with Crippen molar-refractivity contribution in [3.05, 3.63) is 170 Å². The van der Waals surface area contributed by atoms with Gasteiger partial charge in [-0.25, -0.2) is 0 Å². The minimum atomic E-state index is -4.66. The van der Waals surface area contributed by atoms with Crippen molar-refractivity contribution in [2.45, 2.75) is 290 Å². The SMILES string of the molecule is CC/C=C\C/C=C\C/C=C\C/C=C\C/C=C\C/C=C\C/C=C\C/C=C\CCCCCCCCCCCCCCC(=O)OC(COC(=O)CCCCCCCCCCCCCC/C=C\C/C=C\C/C=C\C/C=C\C/C=C\C/C=C\CC)COP(=O)([O-])OCC[N+](C)(C)C. The highest BCUT2D eigenvalue weighted by Crippen LogP contribution is 2.38. The maximum atomic E-state index is 12.9. The maximum Gasteiger partial charge on any atom is 0.306 e. The molecule has 0 spiro atoms. The van der Waals surface area contributed by atoms with Crippen molar-refractivity contribution in [3.8, 4) is 0 Å². The molecule has 0 heterocycles. The van der Waals surface area contributed by atoms with E-state index in [4.69, 9.17) is 18.5 Å². The molecule has 0 saturated heterocycles. The molecule has 0 bridgehead atoms. The summed E-state index contributed by atoms with van der Waals surface area (Å²) in [5.74, 6) is -0.842. The standard InChI is InChI=1S/C82H136NO8P/c1-6-8-10-12-14-16-18-20-22-24-26-28-30-32-34-36-38-39-40-41-42-43-45-47-49-51-53-55-57-59-61-63-65-67-69-71-73-75-82(85)91-80(79-90-92(86,87)89-77-76-83(3,4)5)78-88-81(84)74-72-70-68-66-64-62-60-58-56-54-52-50-48-46-44-37-35-33-31-29-27-25-23-21-19-17-15-13-11-9-7-2/h8-11,14-17,20-23,26-29,32-35,38-39,41-42,44-47,80H,6-7,12-13,18-19,24-25,30-31,36-37,40,43,48-79H2,1-5H3/b10-8-,11-9-,16-14-,17-15-,22-20-,23-21-,28-26-,29-27-,34-32-,35-33-,39-38-,42-41-,46-44-,47-45-. The van der Waals surface area contributed by atoms with Gasteiger partial charge in [0, 0.05) is 12.8 Å². The molecule has 0 aromatic rings. The van der Waals surface area contributed by atoms with Crippen LogP contribution in [0, 0.1) is 0 Å². The Morgan fingerprint density at radius 2 is 0.587 bits per heavy atom. The largest absolute Gasteiger partial charge is 0.756 e. The van der Waals surface area contributed by atoms with E-state index in [9.17, 15) is 19.0 Å². The molecule has 9 nitrogen and oxygen atoms in total. The molecule has 0 saturated carbocycles. The summed E-state index contributed by atoms with van der Waals surface area (Å²) in [6, 6.07) is 0. The number of phosphoric acid groups is 1. The van der Waals surface area contributed by atoms with E-state index in [1.165, 1.54) is 109 Å². The van der Waals surface area contributed by atoms with E-state index in [1.54, 1.807) is 0 Å². The molecule has 522 valence electrons. The van der Waals surface area contributed by atoms with Gasteiger partial charge in [-0.15, -0.1) is 0 Å². The topological polar surface area (TPSA) is 111 Å². The number of likely N-dealkylation sites (N-methyl/N-ethyl adjacent to an activating group) is 1. The van der Waals surface area contributed by atoms with E-state index in [0.29, 0.717) is 17.4 Å². The number of quaternary nitrogens is 1. The summed E-state index contributed by atoms with van der Waals surface area (Å²) in [7, 11) is 1.15. The van der Waals surface area contributed by atoms with Crippen molar-refractivity contribution < 1.29 is 42.1 Å². The van der Waals surface area contributed by atoms with Crippen LogP contribution in [0.3, 0.4) is 0 Å². The normalized spacial score (nSPS) is 14.1. The third kappa shape index (κ3) is 74.4. The van der Waals surface area contributed by atoms with Crippen molar-refractivity contribution in [2.24, 2.45) is 0 Å². The second-order valence-corrected chi connectivity index (χ2v) is 26.6. The summed E-state index contributed by atoms with van der Waals surface area (Å²) in [6.45, 7) is 4.01. The van der Waals surface area contributed by atoms with Gasteiger partial charge < -0.3 is 27.9 Å². The third-order valence-corrected chi connectivity index (χ3v) is 16.2. The number of carbonyl (C=O) groups excluding carboxylic acids is 2. The summed E-state index contributed by atoms with van der Waals surface area (Å²) < 4.78 is 34.4. The van der Waals surface area contributed by atoms with Crippen LogP contribution in [0.15, 0.2) is 170 Å². The fourth-order valence-corrected chi connectivity index (χ4v) is 10.4. The zero-order chi connectivity index (χ0) is 66.9. The molecule has 0 aromatic heterocycles. The monoisotopic (exact) mass is 1290 g/mol. The predicted octanol–water partition coefficient (Wildman–Crippen LogP) is 23.9. The second kappa shape index (κ2) is 70.7. The highest BCUT2D eigenvalue weighted by Gasteiger charge is 2.22. The first-order valence-corrected chi connectivity index (χ1v) is 38.3. The zero-order valence-electron chi connectivity index (χ0n) is 59.4. The van der Waals surface area contributed by atoms with Crippen LogP contribution in [0.1, 0.15) is 284 Å². The molecule has 0 fully saturated rings. The van der Waals surface area contributed by atoms with Gasteiger partial charge >= 0.3 is 11.9 Å². The average Bonchev–Trinajstić information content (AvgIpc) is 2.34. The Morgan fingerprint density at radius 3 is 0.870 bits per heavy atom. The number of hydrogen-bond donors (Lipinski definition) is 0. The fourth-order valence-electron chi connectivity index (χ4n) is 9.68. The molecule has 2 unspecified atom stereocenters. The molecular weight excluding hydrogens is 1160 g/mol. The van der Waals surface area contributed by atoms with Gasteiger partial charge in [-0.2, -0.15) is 0 Å². The summed E-state index contributed by atoms with van der Waals surface area (Å²) in [5.41, 5.74) is 0. The van der Waals surface area contributed by atoms with E-state index < -0.39 is 26.5 Å². The number of unbranched alkanes of at least 4 members (excludes halogenated alkanes) is 24.